The summed E-state index contributed by atoms with van der Waals surface area (Å²) in [6.45, 7) is 8.73. The van der Waals surface area contributed by atoms with Crippen LogP contribution in [0.3, 0.4) is 0 Å². The maximum atomic E-state index is 13.3. The number of morpholine rings is 1. The molecule has 2 unspecified atom stereocenters. The molecule has 3 heterocycles. The summed E-state index contributed by atoms with van der Waals surface area (Å²) < 4.78 is 21.4. The van der Waals surface area contributed by atoms with Crippen molar-refractivity contribution in [1.29, 1.82) is 0 Å². The zero-order valence-electron chi connectivity index (χ0n) is 18.7. The van der Waals surface area contributed by atoms with Gasteiger partial charge < -0.3 is 15.0 Å². The number of benzene rings is 1. The van der Waals surface area contributed by atoms with E-state index in [0.717, 1.165) is 41.8 Å². The zero-order chi connectivity index (χ0) is 22.5. The predicted octanol–water partition coefficient (Wildman–Crippen LogP) is 3.64. The van der Waals surface area contributed by atoms with Crippen molar-refractivity contribution < 1.29 is 9.13 Å². The van der Waals surface area contributed by atoms with Gasteiger partial charge in [-0.1, -0.05) is 18.2 Å². The number of aromatic nitrogens is 3. The number of hydrogen-bond donors (Lipinski definition) is 1. The van der Waals surface area contributed by atoms with Crippen LogP contribution in [0.15, 0.2) is 60.0 Å². The van der Waals surface area contributed by atoms with Gasteiger partial charge in [0.2, 0.25) is 0 Å². The number of pyridine rings is 1. The van der Waals surface area contributed by atoms with E-state index >= 15 is 0 Å². The number of guanidine groups is 1. The minimum atomic E-state index is -0.243. The topological polar surface area (TPSA) is 67.6 Å². The summed E-state index contributed by atoms with van der Waals surface area (Å²) in [5.41, 5.74) is 1.99. The molecule has 2 aromatic heterocycles. The molecule has 0 aliphatic carbocycles. The monoisotopic (exact) mass is 436 g/mol. The highest BCUT2D eigenvalue weighted by atomic mass is 19.1. The molecule has 1 N–H and O–H groups in total. The molecule has 7 nitrogen and oxygen atoms in total. The molecule has 0 amide bonds. The smallest absolute Gasteiger partial charge is 0.194 e. The molecule has 32 heavy (non-hydrogen) atoms. The van der Waals surface area contributed by atoms with Crippen molar-refractivity contribution in [3.05, 3.63) is 77.8 Å². The number of imidazole rings is 1. The van der Waals surface area contributed by atoms with Crippen molar-refractivity contribution >= 4 is 5.96 Å². The van der Waals surface area contributed by atoms with Gasteiger partial charge in [0.25, 0.3) is 0 Å². The van der Waals surface area contributed by atoms with E-state index in [2.05, 4.69) is 27.1 Å². The van der Waals surface area contributed by atoms with Crippen LogP contribution in [0.25, 0.3) is 5.82 Å². The molecule has 1 fully saturated rings. The van der Waals surface area contributed by atoms with Crippen molar-refractivity contribution in [1.82, 2.24) is 24.8 Å². The lowest BCUT2D eigenvalue weighted by atomic mass is 10.1. The highest BCUT2D eigenvalue weighted by Crippen LogP contribution is 2.25. The number of aryl methyl sites for hydroxylation is 1. The largest absolute Gasteiger partial charge is 0.367 e. The van der Waals surface area contributed by atoms with Crippen LogP contribution in [0, 0.1) is 12.7 Å². The molecule has 4 rings (SSSR count). The Kier molecular flexibility index (Phi) is 6.80. The molecule has 1 aliphatic rings. The summed E-state index contributed by atoms with van der Waals surface area (Å²) >= 11 is 0. The molecule has 0 saturated carbocycles. The van der Waals surface area contributed by atoms with Crippen molar-refractivity contribution in [3.8, 4) is 5.82 Å². The normalized spacial score (nSPS) is 19.2. The van der Waals surface area contributed by atoms with Gasteiger partial charge in [0.15, 0.2) is 5.96 Å². The average Bonchev–Trinajstić information content (AvgIpc) is 3.23. The van der Waals surface area contributed by atoms with E-state index in [4.69, 9.17) is 9.73 Å². The second kappa shape index (κ2) is 9.91. The van der Waals surface area contributed by atoms with E-state index in [-0.39, 0.29) is 18.0 Å². The maximum absolute atomic E-state index is 13.3. The molecule has 0 bridgehead atoms. The Bertz CT molecular complexity index is 1050. The van der Waals surface area contributed by atoms with Gasteiger partial charge in [0.1, 0.15) is 23.6 Å². The van der Waals surface area contributed by atoms with Gasteiger partial charge >= 0.3 is 0 Å². The first-order valence-corrected chi connectivity index (χ1v) is 10.9. The quantitative estimate of drug-likeness (QED) is 0.489. The first kappa shape index (κ1) is 22.0. The van der Waals surface area contributed by atoms with Gasteiger partial charge in [0.05, 0.1) is 19.2 Å². The minimum absolute atomic E-state index is 0.0297. The van der Waals surface area contributed by atoms with E-state index in [1.54, 1.807) is 18.3 Å². The molecular weight excluding hydrogens is 407 g/mol. The van der Waals surface area contributed by atoms with Gasteiger partial charge in [-0.3, -0.25) is 4.57 Å². The average molecular weight is 437 g/mol. The Morgan fingerprint density at radius 1 is 1.19 bits per heavy atom. The van der Waals surface area contributed by atoms with Crippen LogP contribution in [-0.4, -0.2) is 51.1 Å². The zero-order valence-corrected chi connectivity index (χ0v) is 18.7. The first-order chi connectivity index (χ1) is 15.5. The molecule has 3 aromatic rings. The van der Waals surface area contributed by atoms with Crippen molar-refractivity contribution in [2.24, 2.45) is 4.99 Å². The third kappa shape index (κ3) is 5.13. The summed E-state index contributed by atoms with van der Waals surface area (Å²) in [7, 11) is 0. The highest BCUT2D eigenvalue weighted by Gasteiger charge is 2.28. The minimum Gasteiger partial charge on any atom is -0.367 e. The number of nitrogens with one attached hydrogen (secondary N) is 1. The summed E-state index contributed by atoms with van der Waals surface area (Å²) in [4.78, 5) is 15.9. The van der Waals surface area contributed by atoms with E-state index in [1.165, 1.54) is 12.1 Å². The number of ether oxygens (including phenoxy) is 1. The van der Waals surface area contributed by atoms with Gasteiger partial charge in [-0.2, -0.15) is 0 Å². The maximum Gasteiger partial charge on any atom is 0.194 e. The standard InChI is InChI=1S/C24H29FN6O/c1-4-26-24(29-14-19-5-10-23(28-13-19)31-12-11-27-18(31)3)30-15-17(2)32-22(16-30)20-6-8-21(25)9-7-20/h5-13,17,22H,4,14-16H2,1-3H3,(H,26,29). The van der Waals surface area contributed by atoms with Gasteiger partial charge in [-0.25, -0.2) is 19.4 Å². The Labute approximate surface area is 188 Å². The Morgan fingerprint density at radius 3 is 2.66 bits per heavy atom. The summed E-state index contributed by atoms with van der Waals surface area (Å²) in [6, 6.07) is 10.5. The Morgan fingerprint density at radius 2 is 2.00 bits per heavy atom. The third-order valence-corrected chi connectivity index (χ3v) is 5.43. The van der Waals surface area contributed by atoms with Crippen molar-refractivity contribution in [2.75, 3.05) is 19.6 Å². The van der Waals surface area contributed by atoms with Gasteiger partial charge in [-0.15, -0.1) is 0 Å². The second-order valence-corrected chi connectivity index (χ2v) is 7.93. The van der Waals surface area contributed by atoms with Crippen LogP contribution in [0.4, 0.5) is 4.39 Å². The fraction of sp³-hybridized carbons (Fsp3) is 0.375. The molecule has 0 spiro atoms. The second-order valence-electron chi connectivity index (χ2n) is 7.93. The predicted molar refractivity (Wildman–Crippen MR) is 122 cm³/mol. The lowest BCUT2D eigenvalue weighted by Crippen LogP contribution is -2.50. The molecule has 1 aromatic carbocycles. The Hall–Kier alpha value is -3.26. The van der Waals surface area contributed by atoms with Gasteiger partial charge in [0, 0.05) is 31.7 Å². The van der Waals surface area contributed by atoms with Gasteiger partial charge in [-0.05, 0) is 50.1 Å². The first-order valence-electron chi connectivity index (χ1n) is 10.9. The van der Waals surface area contributed by atoms with Crippen LogP contribution in [-0.2, 0) is 11.3 Å². The highest BCUT2D eigenvalue weighted by molar-refractivity contribution is 5.80. The molecule has 1 saturated heterocycles. The molecule has 8 heteroatoms. The summed E-state index contributed by atoms with van der Waals surface area (Å²) in [6.07, 6.45) is 5.41. The lowest BCUT2D eigenvalue weighted by Gasteiger charge is -2.38. The SMILES string of the molecule is CCNC(=NCc1ccc(-n2ccnc2C)nc1)N1CC(C)OC(c2ccc(F)cc2)C1. The molecule has 168 valence electrons. The third-order valence-electron chi connectivity index (χ3n) is 5.43. The Balaban J connectivity index is 1.48. The van der Waals surface area contributed by atoms with E-state index in [0.29, 0.717) is 13.1 Å². The van der Waals surface area contributed by atoms with Crippen LogP contribution in [0.2, 0.25) is 0 Å². The fourth-order valence-corrected chi connectivity index (χ4v) is 3.85. The molecule has 2 atom stereocenters. The van der Waals surface area contributed by atoms with Crippen molar-refractivity contribution in [2.45, 2.75) is 39.5 Å². The van der Waals surface area contributed by atoms with E-state index in [1.807, 2.05) is 42.9 Å². The van der Waals surface area contributed by atoms with Crippen LogP contribution in [0.5, 0.6) is 0 Å². The molecule has 1 aliphatic heterocycles. The van der Waals surface area contributed by atoms with Crippen LogP contribution in [0.1, 0.15) is 36.9 Å². The number of halogens is 1. The number of nitrogens with zero attached hydrogens (tertiary/aromatic N) is 5. The summed E-state index contributed by atoms with van der Waals surface area (Å²) in [5, 5.41) is 3.39. The van der Waals surface area contributed by atoms with Crippen molar-refractivity contribution in [3.63, 3.8) is 0 Å². The summed E-state index contributed by atoms with van der Waals surface area (Å²) in [5.74, 6) is 2.33. The van der Waals surface area contributed by atoms with E-state index < -0.39 is 0 Å². The number of hydrogen-bond acceptors (Lipinski definition) is 4. The molecular formula is C24H29FN6O. The lowest BCUT2D eigenvalue weighted by molar-refractivity contribution is -0.0605. The van der Waals surface area contributed by atoms with Crippen LogP contribution >= 0.6 is 0 Å². The fourth-order valence-electron chi connectivity index (χ4n) is 3.85. The van der Waals surface area contributed by atoms with Crippen LogP contribution < -0.4 is 5.32 Å². The van der Waals surface area contributed by atoms with E-state index in [9.17, 15) is 4.39 Å². The number of aliphatic imine (C=N–C) groups is 1. The molecule has 0 radical (unpaired) electrons. The number of rotatable bonds is 5.